The lowest BCUT2D eigenvalue weighted by Gasteiger charge is -2.23. The number of hydrogen-bond donors (Lipinski definition) is 2. The van der Waals surface area contributed by atoms with Crippen LogP contribution in [0.5, 0.6) is 0 Å². The van der Waals surface area contributed by atoms with Crippen LogP contribution in [0.2, 0.25) is 0 Å². The molecule has 0 spiro atoms. The molecule has 2 aromatic heterocycles. The zero-order valence-electron chi connectivity index (χ0n) is 15.0. The van der Waals surface area contributed by atoms with Crippen molar-refractivity contribution in [1.82, 2.24) is 20.5 Å². The summed E-state index contributed by atoms with van der Waals surface area (Å²) in [4.78, 5) is 0. The van der Waals surface area contributed by atoms with Crippen molar-refractivity contribution >= 4 is 23.5 Å². The van der Waals surface area contributed by atoms with E-state index in [0.29, 0.717) is 11.2 Å². The van der Waals surface area contributed by atoms with Gasteiger partial charge in [-0.15, -0.1) is 0 Å². The lowest BCUT2D eigenvalue weighted by atomic mass is 9.96. The molecule has 2 aromatic rings. The first-order chi connectivity index (χ1) is 12.0. The third kappa shape index (κ3) is 4.28. The summed E-state index contributed by atoms with van der Waals surface area (Å²) in [6, 6.07) is 4.47. The van der Waals surface area contributed by atoms with Crippen molar-refractivity contribution in [2.45, 2.75) is 58.9 Å². The molecule has 1 aliphatic rings. The Morgan fingerprint density at radius 3 is 2.72 bits per heavy atom. The molecule has 0 aromatic carbocycles. The predicted octanol–water partition coefficient (Wildman–Crippen LogP) is 3.52. The van der Waals surface area contributed by atoms with E-state index in [1.165, 1.54) is 32.1 Å². The quantitative estimate of drug-likeness (QED) is 0.497. The second-order valence-corrected chi connectivity index (χ2v) is 7.04. The van der Waals surface area contributed by atoms with Gasteiger partial charge in [0, 0.05) is 29.1 Å². The van der Waals surface area contributed by atoms with Crippen LogP contribution in [0, 0.1) is 20.8 Å². The van der Waals surface area contributed by atoms with E-state index in [1.807, 2.05) is 26.8 Å². The topological polar surface area (TPSA) is 67.4 Å². The van der Waals surface area contributed by atoms with Gasteiger partial charge in [0.25, 0.3) is 0 Å². The van der Waals surface area contributed by atoms with Crippen LogP contribution in [0.4, 0.5) is 0 Å². The van der Waals surface area contributed by atoms with Crippen molar-refractivity contribution in [1.29, 1.82) is 0 Å². The van der Waals surface area contributed by atoms with Gasteiger partial charge in [-0.1, -0.05) is 24.4 Å². The zero-order valence-corrected chi connectivity index (χ0v) is 15.8. The van der Waals surface area contributed by atoms with Crippen LogP contribution in [0.15, 0.2) is 21.8 Å². The Balaban J connectivity index is 1.62. The van der Waals surface area contributed by atoms with Gasteiger partial charge in [-0.2, -0.15) is 5.10 Å². The first-order valence-corrected chi connectivity index (χ1v) is 9.17. The Morgan fingerprint density at radius 2 is 2.04 bits per heavy atom. The van der Waals surface area contributed by atoms with E-state index in [2.05, 4.69) is 31.6 Å². The van der Waals surface area contributed by atoms with Crippen molar-refractivity contribution in [3.05, 3.63) is 34.8 Å². The summed E-state index contributed by atoms with van der Waals surface area (Å²) in [6.07, 6.45) is 8.04. The van der Waals surface area contributed by atoms with E-state index in [4.69, 9.17) is 16.7 Å². The van der Waals surface area contributed by atoms with Crippen molar-refractivity contribution in [2.75, 3.05) is 0 Å². The van der Waals surface area contributed by atoms with Gasteiger partial charge in [0.15, 0.2) is 10.9 Å². The Bertz CT molecular complexity index is 771. The normalized spacial score (nSPS) is 15.6. The molecule has 2 heterocycles. The van der Waals surface area contributed by atoms with E-state index >= 15 is 0 Å². The lowest BCUT2D eigenvalue weighted by molar-refractivity contribution is 0.394. The van der Waals surface area contributed by atoms with Crippen LogP contribution in [0.1, 0.15) is 54.8 Å². The predicted molar refractivity (Wildman–Crippen MR) is 103 cm³/mol. The fourth-order valence-electron chi connectivity index (χ4n) is 3.35. The third-order valence-corrected chi connectivity index (χ3v) is 4.83. The van der Waals surface area contributed by atoms with E-state index in [0.717, 1.165) is 28.5 Å². The van der Waals surface area contributed by atoms with E-state index in [9.17, 15) is 0 Å². The minimum atomic E-state index is 0.476. The van der Waals surface area contributed by atoms with E-state index < -0.39 is 0 Å². The molecule has 0 bridgehead atoms. The third-order valence-electron chi connectivity index (χ3n) is 4.63. The van der Waals surface area contributed by atoms with Crippen LogP contribution in [-0.4, -0.2) is 27.1 Å². The van der Waals surface area contributed by atoms with Crippen LogP contribution < -0.4 is 10.7 Å². The first-order valence-electron chi connectivity index (χ1n) is 8.77. The minimum Gasteiger partial charge on any atom is -0.360 e. The number of thiocarbonyl (C=S) groups is 1. The molecule has 7 heteroatoms. The molecule has 25 heavy (non-hydrogen) atoms. The first kappa shape index (κ1) is 17.7. The molecule has 0 amide bonds. The van der Waals surface area contributed by atoms with Gasteiger partial charge in [0.05, 0.1) is 6.21 Å². The molecule has 1 fully saturated rings. The van der Waals surface area contributed by atoms with Crippen molar-refractivity contribution < 1.29 is 4.52 Å². The number of hydrazone groups is 1. The number of aromatic nitrogens is 2. The maximum Gasteiger partial charge on any atom is 0.187 e. The van der Waals surface area contributed by atoms with Gasteiger partial charge in [-0.3, -0.25) is 9.99 Å². The number of nitrogens with one attached hydrogen (secondary N) is 2. The largest absolute Gasteiger partial charge is 0.360 e. The zero-order chi connectivity index (χ0) is 17.8. The van der Waals surface area contributed by atoms with Gasteiger partial charge in [-0.25, -0.2) is 0 Å². The molecule has 1 aliphatic carbocycles. The lowest BCUT2D eigenvalue weighted by Crippen LogP contribution is -2.40. The van der Waals surface area contributed by atoms with Crippen molar-refractivity contribution in [3.8, 4) is 5.82 Å². The Morgan fingerprint density at radius 1 is 1.28 bits per heavy atom. The second-order valence-electron chi connectivity index (χ2n) is 6.64. The Kier molecular flexibility index (Phi) is 5.53. The number of aryl methyl sites for hydroxylation is 2. The molecular weight excluding hydrogens is 334 g/mol. The summed E-state index contributed by atoms with van der Waals surface area (Å²) < 4.78 is 7.23. The summed E-state index contributed by atoms with van der Waals surface area (Å²) in [5.41, 5.74) is 6.08. The van der Waals surface area contributed by atoms with Gasteiger partial charge < -0.3 is 9.84 Å². The van der Waals surface area contributed by atoms with Crippen LogP contribution in [0.3, 0.4) is 0 Å². The average Bonchev–Trinajstić information content (AvgIpc) is 3.12. The number of rotatable bonds is 4. The highest BCUT2D eigenvalue weighted by Gasteiger charge is 2.14. The fraction of sp³-hybridized carbons (Fsp3) is 0.500. The molecule has 6 nitrogen and oxygen atoms in total. The summed E-state index contributed by atoms with van der Waals surface area (Å²) in [5.74, 6) is 1.58. The average molecular weight is 359 g/mol. The molecule has 3 rings (SSSR count). The van der Waals surface area contributed by atoms with Gasteiger partial charge in [-0.05, 0) is 51.9 Å². The summed E-state index contributed by atoms with van der Waals surface area (Å²) in [6.45, 7) is 5.96. The maximum absolute atomic E-state index is 5.33. The van der Waals surface area contributed by atoms with Gasteiger partial charge >= 0.3 is 0 Å². The monoisotopic (exact) mass is 359 g/mol. The second kappa shape index (κ2) is 7.82. The van der Waals surface area contributed by atoms with E-state index in [1.54, 1.807) is 6.21 Å². The van der Waals surface area contributed by atoms with Crippen LogP contribution in [-0.2, 0) is 0 Å². The molecule has 0 unspecified atom stereocenters. The summed E-state index contributed by atoms with van der Waals surface area (Å²) >= 11 is 5.33. The number of hydrogen-bond acceptors (Lipinski definition) is 4. The summed E-state index contributed by atoms with van der Waals surface area (Å²) in [7, 11) is 0. The molecule has 0 atom stereocenters. The smallest absolute Gasteiger partial charge is 0.187 e. The molecule has 0 saturated heterocycles. The highest BCUT2D eigenvalue weighted by atomic mass is 32.1. The van der Waals surface area contributed by atoms with Gasteiger partial charge in [0.1, 0.15) is 5.76 Å². The molecule has 1 saturated carbocycles. The highest BCUT2D eigenvalue weighted by Crippen LogP contribution is 2.19. The van der Waals surface area contributed by atoms with Crippen LogP contribution in [0.25, 0.3) is 5.82 Å². The molecule has 0 radical (unpaired) electrons. The molecule has 2 N–H and O–H groups in total. The molecular formula is C18H25N5OS. The van der Waals surface area contributed by atoms with Crippen LogP contribution >= 0.6 is 12.2 Å². The Labute approximate surface area is 153 Å². The highest BCUT2D eigenvalue weighted by molar-refractivity contribution is 7.80. The van der Waals surface area contributed by atoms with Crippen molar-refractivity contribution in [3.63, 3.8) is 0 Å². The van der Waals surface area contributed by atoms with Gasteiger partial charge in [0.2, 0.25) is 0 Å². The maximum atomic E-state index is 5.33. The molecule has 134 valence electrons. The minimum absolute atomic E-state index is 0.476. The number of nitrogens with zero attached hydrogens (tertiary/aromatic N) is 3. The SMILES string of the molecule is Cc1cc(-n2c(C)cc(/C=N\NC(=S)NC3CCCCC3)c2C)no1. The Hall–Kier alpha value is -2.15. The van der Waals surface area contributed by atoms with Crippen molar-refractivity contribution in [2.24, 2.45) is 5.10 Å². The standard InChI is InChI=1S/C18H25N5OS/c1-12-9-15(14(3)23(12)17-10-13(2)24-22-17)11-19-21-18(25)20-16-7-5-4-6-8-16/h9-11,16H,4-8H2,1-3H3,(H2,20,21,25)/b19-11-. The summed E-state index contributed by atoms with van der Waals surface area (Å²) in [5, 5.41) is 12.3. The van der Waals surface area contributed by atoms with E-state index in [-0.39, 0.29) is 0 Å². The fourth-order valence-corrected chi connectivity index (χ4v) is 3.57. The molecule has 0 aliphatic heterocycles.